The summed E-state index contributed by atoms with van der Waals surface area (Å²) in [6.07, 6.45) is -2.14. The number of primary amides is 1. The third kappa shape index (κ3) is 1.26. The molecule has 13 heavy (non-hydrogen) atoms. The zero-order valence-electron chi connectivity index (χ0n) is 9.87. The van der Waals surface area contributed by atoms with Gasteiger partial charge in [0.2, 0.25) is 5.91 Å². The van der Waals surface area contributed by atoms with E-state index in [1.165, 1.54) is 18.2 Å². The van der Waals surface area contributed by atoms with Crippen LogP contribution in [0, 0.1) is 0 Å². The number of carbonyl (C=O) groups is 1. The molecule has 0 saturated carbocycles. The van der Waals surface area contributed by atoms with Gasteiger partial charge in [0.25, 0.3) is 0 Å². The van der Waals surface area contributed by atoms with Crippen LogP contribution in [0.2, 0.25) is 0 Å². The highest BCUT2D eigenvalue weighted by Gasteiger charge is 2.26. The molecule has 2 rings (SSSR count). The van der Waals surface area contributed by atoms with E-state index in [1.807, 2.05) is 0 Å². The molecule has 0 saturated heterocycles. The number of amides is 1. The molecule has 3 heteroatoms. The molecule has 0 fully saturated rings. The van der Waals surface area contributed by atoms with E-state index in [-0.39, 0.29) is 17.7 Å². The van der Waals surface area contributed by atoms with Gasteiger partial charge in [-0.25, -0.2) is 0 Å². The van der Waals surface area contributed by atoms with E-state index in [1.54, 1.807) is 0 Å². The van der Waals surface area contributed by atoms with E-state index in [0.29, 0.717) is 5.56 Å². The second kappa shape index (κ2) is 2.76. The summed E-state index contributed by atoms with van der Waals surface area (Å²) in [5, 5.41) is 9.28. The first-order chi connectivity index (χ1) is 7.29. The number of nitrogens with two attached hydrogens (primary N) is 1. The van der Waals surface area contributed by atoms with E-state index < -0.39 is 18.2 Å². The highest BCUT2D eigenvalue weighted by Crippen LogP contribution is 2.34. The molecule has 1 aliphatic carbocycles. The third-order valence-corrected chi connectivity index (χ3v) is 2.06. The van der Waals surface area contributed by atoms with Gasteiger partial charge in [0, 0.05) is 4.11 Å². The van der Waals surface area contributed by atoms with Crippen molar-refractivity contribution in [2.75, 3.05) is 0 Å². The van der Waals surface area contributed by atoms with Gasteiger partial charge in [0.1, 0.15) is 5.75 Å². The summed E-state index contributed by atoms with van der Waals surface area (Å²) >= 11 is 0. The van der Waals surface area contributed by atoms with Crippen molar-refractivity contribution < 1.29 is 14.0 Å². The lowest BCUT2D eigenvalue weighted by Gasteiger charge is -2.05. The summed E-state index contributed by atoms with van der Waals surface area (Å²) in [7, 11) is 0. The quantitative estimate of drug-likeness (QED) is 0.632. The average Bonchev–Trinajstić information content (AvgIpc) is 2.34. The number of hydrogen-bond donors (Lipinski definition) is 2. The molecule has 1 aliphatic rings. The highest BCUT2D eigenvalue weighted by atomic mass is 16.3. The number of fused-ring (bicyclic) bond motifs is 1. The van der Waals surface area contributed by atoms with Gasteiger partial charge in [-0.15, -0.1) is 0 Å². The first-order valence-electron chi connectivity index (χ1n) is 5.41. The molecule has 1 aromatic carbocycles. The van der Waals surface area contributed by atoms with Crippen LogP contribution in [0.5, 0.6) is 5.75 Å². The summed E-state index contributed by atoms with van der Waals surface area (Å²) in [6.45, 7) is 0. The molecule has 1 aromatic rings. The van der Waals surface area contributed by atoms with E-state index in [9.17, 15) is 9.90 Å². The van der Waals surface area contributed by atoms with E-state index in [0.717, 1.165) is 0 Å². The minimum Gasteiger partial charge on any atom is -0.508 e. The SMILES string of the molecule is [2H]C1([2H])Cc2cc(O)ccc2[13C]1([2H])C(N)=O. The minimum atomic E-state index is -2.07. The van der Waals surface area contributed by atoms with Gasteiger partial charge in [-0.1, -0.05) is 6.07 Å². The molecule has 3 N–H and O–H groups in total. The van der Waals surface area contributed by atoms with Gasteiger partial charge in [0.05, 0.1) is 5.89 Å². The van der Waals surface area contributed by atoms with Gasteiger partial charge in [0.15, 0.2) is 0 Å². The Morgan fingerprint density at radius 3 is 3.23 bits per heavy atom. The average molecular weight is 181 g/mol. The van der Waals surface area contributed by atoms with Gasteiger partial charge >= 0.3 is 0 Å². The second-order valence-electron chi connectivity index (χ2n) is 2.93. The Morgan fingerprint density at radius 2 is 2.54 bits per heavy atom. The summed E-state index contributed by atoms with van der Waals surface area (Å²) in [5.74, 6) is -3.10. The molecule has 0 spiro atoms. The molecular formula is C10H11NO2. The Balaban J connectivity index is 2.68. The van der Waals surface area contributed by atoms with Crippen LogP contribution in [0.1, 0.15) is 27.5 Å². The molecule has 0 aromatic heterocycles. The Kier molecular flexibility index (Phi) is 1.12. The summed E-state index contributed by atoms with van der Waals surface area (Å²) < 4.78 is 23.4. The Morgan fingerprint density at radius 1 is 1.77 bits per heavy atom. The van der Waals surface area contributed by atoms with Crippen LogP contribution in [0.3, 0.4) is 0 Å². The Bertz CT molecular complexity index is 475. The van der Waals surface area contributed by atoms with Gasteiger partial charge < -0.3 is 10.8 Å². The fourth-order valence-electron chi connectivity index (χ4n) is 1.47. The number of aryl methyl sites for hydroxylation is 1. The first kappa shape index (κ1) is 5.27. The fraction of sp³-hybridized carbons (Fsp3) is 0.300. The molecule has 68 valence electrons. The Hall–Kier alpha value is -1.51. The van der Waals surface area contributed by atoms with Crippen molar-refractivity contribution in [2.45, 2.75) is 18.7 Å². The lowest BCUT2D eigenvalue weighted by molar-refractivity contribution is -0.119. The largest absolute Gasteiger partial charge is 0.508 e. The monoisotopic (exact) mass is 181 g/mol. The summed E-state index contributed by atoms with van der Waals surface area (Å²) in [5.41, 5.74) is 5.83. The number of benzene rings is 1. The molecule has 0 aliphatic heterocycles. The van der Waals surface area contributed by atoms with Crippen molar-refractivity contribution in [2.24, 2.45) is 5.73 Å². The molecule has 3 nitrogen and oxygen atoms in total. The number of phenolic OH excluding ortho intramolecular Hbond substituents is 1. The minimum absolute atomic E-state index is 0.0109. The van der Waals surface area contributed by atoms with Crippen molar-refractivity contribution in [1.82, 2.24) is 0 Å². The van der Waals surface area contributed by atoms with E-state index >= 15 is 0 Å². The van der Waals surface area contributed by atoms with Crippen LogP contribution in [0.15, 0.2) is 18.2 Å². The molecule has 0 radical (unpaired) electrons. The maximum Gasteiger partial charge on any atom is 0.224 e. The van der Waals surface area contributed by atoms with E-state index in [2.05, 4.69) is 0 Å². The van der Waals surface area contributed by atoms with Crippen molar-refractivity contribution >= 4 is 5.91 Å². The molecule has 1 amide bonds. The zero-order valence-corrected chi connectivity index (χ0v) is 6.87. The number of phenols is 1. The molecule has 0 bridgehead atoms. The van der Waals surface area contributed by atoms with Crippen molar-refractivity contribution in [1.29, 1.82) is 0 Å². The maximum absolute atomic E-state index is 11.3. The molecular weight excluding hydrogens is 167 g/mol. The van der Waals surface area contributed by atoms with Crippen molar-refractivity contribution in [3.63, 3.8) is 0 Å². The normalized spacial score (nSPS) is 32.8. The van der Waals surface area contributed by atoms with Crippen molar-refractivity contribution in [3.05, 3.63) is 29.3 Å². The predicted molar refractivity (Wildman–Crippen MR) is 48.4 cm³/mol. The standard InChI is InChI=1S/C10H11NO2/c11-10(13)9-3-1-6-5-7(12)2-4-8(6)9/h2,4-5,9,12H,1,3H2,(H2,11,13)/i3D2,9+1D. The third-order valence-electron chi connectivity index (χ3n) is 2.06. The van der Waals surface area contributed by atoms with Crippen LogP contribution < -0.4 is 5.73 Å². The van der Waals surface area contributed by atoms with Gasteiger partial charge in [-0.05, 0) is 36.1 Å². The fourth-order valence-corrected chi connectivity index (χ4v) is 1.47. The summed E-state index contributed by atoms with van der Waals surface area (Å²) in [4.78, 5) is 11.3. The predicted octanol–water partition coefficient (Wildman–Crippen LogP) is 0.907. The van der Waals surface area contributed by atoms with Gasteiger partial charge in [-0.3, -0.25) is 4.79 Å². The van der Waals surface area contributed by atoms with Crippen LogP contribution in [-0.2, 0) is 11.2 Å². The smallest absolute Gasteiger partial charge is 0.224 e. The summed E-state index contributed by atoms with van der Waals surface area (Å²) in [6, 6.07) is 4.08. The lowest BCUT2D eigenvalue weighted by Crippen LogP contribution is -2.19. The topological polar surface area (TPSA) is 63.3 Å². The lowest BCUT2D eigenvalue weighted by atomic mass is 10.1. The van der Waals surface area contributed by atoms with Crippen LogP contribution in [-0.4, -0.2) is 11.0 Å². The zero-order chi connectivity index (χ0) is 12.1. The Labute approximate surface area is 80.4 Å². The van der Waals surface area contributed by atoms with E-state index in [4.69, 9.17) is 9.85 Å². The number of carbonyl (C=O) groups excluding carboxylic acids is 1. The molecule has 0 heterocycles. The highest BCUT2D eigenvalue weighted by molar-refractivity contribution is 5.83. The van der Waals surface area contributed by atoms with Gasteiger partial charge in [-0.2, -0.15) is 0 Å². The number of hydrogen-bond acceptors (Lipinski definition) is 2. The molecule has 1 unspecified atom stereocenters. The second-order valence-corrected chi connectivity index (χ2v) is 2.93. The number of rotatable bonds is 1. The maximum atomic E-state index is 11.3. The first-order valence-corrected chi connectivity index (χ1v) is 3.91. The van der Waals surface area contributed by atoms with Crippen LogP contribution >= 0.6 is 0 Å². The van der Waals surface area contributed by atoms with Crippen LogP contribution in [0.4, 0.5) is 0 Å². The number of aromatic hydroxyl groups is 1. The molecule has 1 atom stereocenters. The van der Waals surface area contributed by atoms with Crippen LogP contribution in [0.25, 0.3) is 0 Å². The van der Waals surface area contributed by atoms with Crippen molar-refractivity contribution in [3.8, 4) is 5.75 Å².